The molecule has 0 fully saturated rings. The van der Waals surface area contributed by atoms with Crippen molar-refractivity contribution in [3.05, 3.63) is 100 Å². The van der Waals surface area contributed by atoms with Gasteiger partial charge in [-0.1, -0.05) is 42.5 Å². The molecule has 2 unspecified atom stereocenters. The van der Waals surface area contributed by atoms with Crippen molar-refractivity contribution in [2.45, 2.75) is 45.1 Å². The van der Waals surface area contributed by atoms with E-state index >= 15 is 0 Å². The van der Waals surface area contributed by atoms with Crippen LogP contribution in [0.5, 0.6) is 5.75 Å². The van der Waals surface area contributed by atoms with Crippen LogP contribution < -0.4 is 10.6 Å². The molecule has 36 heavy (non-hydrogen) atoms. The Bertz CT molecular complexity index is 1180. The van der Waals surface area contributed by atoms with Crippen LogP contribution in [0.1, 0.15) is 51.2 Å². The Kier molecular flexibility index (Phi) is 9.58. The van der Waals surface area contributed by atoms with Gasteiger partial charge in [0.25, 0.3) is 0 Å². The smallest absolute Gasteiger partial charge is 0.335 e. The zero-order valence-electron chi connectivity index (χ0n) is 20.1. The Balaban J connectivity index is 1.47. The molecular weight excluding hydrogens is 460 g/mol. The number of aliphatic hydroxyl groups excluding tert-OH is 2. The molecule has 0 heterocycles. The molecule has 0 aliphatic rings. The molecule has 0 aromatic heterocycles. The molecule has 0 spiro atoms. The highest BCUT2D eigenvalue weighted by Crippen LogP contribution is 2.22. The highest BCUT2D eigenvalue weighted by molar-refractivity contribution is 5.87. The lowest BCUT2D eigenvalue weighted by Gasteiger charge is -2.18. The van der Waals surface area contributed by atoms with E-state index in [1.165, 1.54) is 18.2 Å². The van der Waals surface area contributed by atoms with Crippen molar-refractivity contribution in [3.8, 4) is 5.75 Å². The Labute approximate surface area is 210 Å². The second kappa shape index (κ2) is 12.8. The van der Waals surface area contributed by atoms with Crippen LogP contribution in [-0.4, -0.2) is 44.9 Å². The number of rotatable bonds is 12. The van der Waals surface area contributed by atoms with E-state index in [1.807, 2.05) is 31.2 Å². The standard InChI is InChI=1S/C28H32N2O6/c1-18(29-16-26(33)23-9-10-25(32)24(14-23)17-31)11-20-3-2-4-21(12-20)13-27(34)30-15-19-5-7-22(8-6-19)28(35)36/h2-10,12,14,18,26,29,31-33H,11,13,15-17H2,1H3,(H,30,34)(H,35,36). The lowest BCUT2D eigenvalue weighted by molar-refractivity contribution is -0.120. The number of carbonyl (C=O) groups is 2. The summed E-state index contributed by atoms with van der Waals surface area (Å²) in [6.07, 6.45) is 0.152. The van der Waals surface area contributed by atoms with Crippen molar-refractivity contribution in [3.63, 3.8) is 0 Å². The molecule has 1 amide bonds. The van der Waals surface area contributed by atoms with Crippen molar-refractivity contribution >= 4 is 11.9 Å². The maximum Gasteiger partial charge on any atom is 0.335 e. The van der Waals surface area contributed by atoms with Gasteiger partial charge in [0.05, 0.1) is 24.7 Å². The molecule has 0 saturated carbocycles. The highest BCUT2D eigenvalue weighted by atomic mass is 16.4. The summed E-state index contributed by atoms with van der Waals surface area (Å²) in [5.74, 6) is -1.11. The van der Waals surface area contributed by atoms with Crippen LogP contribution in [0, 0.1) is 0 Å². The molecule has 3 rings (SSSR count). The van der Waals surface area contributed by atoms with Crippen LogP contribution in [0.15, 0.2) is 66.7 Å². The summed E-state index contributed by atoms with van der Waals surface area (Å²) in [4.78, 5) is 23.3. The molecule has 0 saturated heterocycles. The fourth-order valence-electron chi connectivity index (χ4n) is 3.88. The molecule has 8 heteroatoms. The normalized spacial score (nSPS) is 12.6. The van der Waals surface area contributed by atoms with Crippen molar-refractivity contribution in [1.82, 2.24) is 10.6 Å². The first kappa shape index (κ1) is 26.9. The quantitative estimate of drug-likeness (QED) is 0.229. The van der Waals surface area contributed by atoms with Crippen LogP contribution in [0.25, 0.3) is 0 Å². The first-order valence-corrected chi connectivity index (χ1v) is 11.8. The number of carboxylic acid groups (broad SMARTS) is 1. The minimum Gasteiger partial charge on any atom is -0.508 e. The average molecular weight is 493 g/mol. The molecule has 6 N–H and O–H groups in total. The summed E-state index contributed by atoms with van der Waals surface area (Å²) in [5.41, 5.74) is 3.96. The maximum atomic E-state index is 12.4. The van der Waals surface area contributed by atoms with Crippen molar-refractivity contribution in [1.29, 1.82) is 0 Å². The topological polar surface area (TPSA) is 139 Å². The summed E-state index contributed by atoms with van der Waals surface area (Å²) in [7, 11) is 0. The third-order valence-corrected chi connectivity index (χ3v) is 5.91. The molecule has 2 atom stereocenters. The van der Waals surface area contributed by atoms with Crippen LogP contribution in [0.3, 0.4) is 0 Å². The molecule has 3 aromatic rings. The first-order valence-electron chi connectivity index (χ1n) is 11.8. The first-order chi connectivity index (χ1) is 17.2. The van der Waals surface area contributed by atoms with E-state index in [0.717, 1.165) is 16.7 Å². The largest absolute Gasteiger partial charge is 0.508 e. The molecule has 0 radical (unpaired) electrons. The Morgan fingerprint density at radius 3 is 2.36 bits per heavy atom. The number of aromatic carboxylic acids is 1. The number of amides is 1. The molecular formula is C28H32N2O6. The van der Waals surface area contributed by atoms with E-state index in [1.54, 1.807) is 24.3 Å². The number of nitrogens with one attached hydrogen (secondary N) is 2. The molecule has 0 bridgehead atoms. The van der Waals surface area contributed by atoms with Gasteiger partial charge in [0.15, 0.2) is 0 Å². The van der Waals surface area contributed by atoms with E-state index in [2.05, 4.69) is 10.6 Å². The summed E-state index contributed by atoms with van der Waals surface area (Å²) >= 11 is 0. The number of aliphatic hydroxyl groups is 2. The maximum absolute atomic E-state index is 12.4. The van der Waals surface area contributed by atoms with Gasteiger partial charge in [0, 0.05) is 24.7 Å². The monoisotopic (exact) mass is 492 g/mol. The van der Waals surface area contributed by atoms with Gasteiger partial charge in [-0.05, 0) is 59.9 Å². The predicted molar refractivity (Wildman–Crippen MR) is 136 cm³/mol. The fraction of sp³-hybridized carbons (Fsp3) is 0.286. The lowest BCUT2D eigenvalue weighted by atomic mass is 10.0. The third kappa shape index (κ3) is 7.91. The molecule has 190 valence electrons. The summed E-state index contributed by atoms with van der Waals surface area (Å²) in [5, 5.41) is 44.6. The number of aromatic hydroxyl groups is 1. The van der Waals surface area contributed by atoms with Crippen LogP contribution in [0.2, 0.25) is 0 Å². The van der Waals surface area contributed by atoms with Gasteiger partial charge in [0.2, 0.25) is 5.91 Å². The SMILES string of the molecule is CC(Cc1cccc(CC(=O)NCc2ccc(C(=O)O)cc2)c1)NCC(O)c1ccc(O)c(CO)c1. The minimum atomic E-state index is -0.986. The van der Waals surface area contributed by atoms with Crippen LogP contribution >= 0.6 is 0 Å². The van der Waals surface area contributed by atoms with Gasteiger partial charge in [-0.15, -0.1) is 0 Å². The highest BCUT2D eigenvalue weighted by Gasteiger charge is 2.13. The Morgan fingerprint density at radius 1 is 0.944 bits per heavy atom. The number of hydrogen-bond donors (Lipinski definition) is 6. The van der Waals surface area contributed by atoms with E-state index < -0.39 is 12.1 Å². The van der Waals surface area contributed by atoms with Crippen molar-refractivity contribution in [2.24, 2.45) is 0 Å². The van der Waals surface area contributed by atoms with Crippen LogP contribution in [0.4, 0.5) is 0 Å². The number of carboxylic acids is 1. The van der Waals surface area contributed by atoms with Crippen LogP contribution in [-0.2, 0) is 30.8 Å². The second-order valence-corrected chi connectivity index (χ2v) is 8.85. The van der Waals surface area contributed by atoms with Crippen molar-refractivity contribution in [2.75, 3.05) is 6.54 Å². The van der Waals surface area contributed by atoms with E-state index in [0.29, 0.717) is 30.6 Å². The predicted octanol–water partition coefficient (Wildman–Crippen LogP) is 2.70. The molecule has 0 aliphatic carbocycles. The van der Waals surface area contributed by atoms with Gasteiger partial charge in [0.1, 0.15) is 5.75 Å². The van der Waals surface area contributed by atoms with E-state index in [9.17, 15) is 24.9 Å². The molecule has 3 aromatic carbocycles. The van der Waals surface area contributed by atoms with E-state index in [4.69, 9.17) is 5.11 Å². The summed E-state index contributed by atoms with van der Waals surface area (Å²) in [6, 6.07) is 18.9. The Morgan fingerprint density at radius 2 is 1.67 bits per heavy atom. The number of hydrogen-bond acceptors (Lipinski definition) is 6. The van der Waals surface area contributed by atoms with E-state index in [-0.39, 0.29) is 36.3 Å². The van der Waals surface area contributed by atoms with Gasteiger partial charge in [-0.2, -0.15) is 0 Å². The zero-order valence-corrected chi connectivity index (χ0v) is 20.1. The minimum absolute atomic E-state index is 0.00210. The molecule has 8 nitrogen and oxygen atoms in total. The lowest BCUT2D eigenvalue weighted by Crippen LogP contribution is -2.32. The fourth-order valence-corrected chi connectivity index (χ4v) is 3.88. The van der Waals surface area contributed by atoms with Crippen molar-refractivity contribution < 1.29 is 30.0 Å². The van der Waals surface area contributed by atoms with Gasteiger partial charge in [-0.25, -0.2) is 4.79 Å². The summed E-state index contributed by atoms with van der Waals surface area (Å²) < 4.78 is 0. The zero-order chi connectivity index (χ0) is 26.1. The third-order valence-electron chi connectivity index (χ3n) is 5.91. The molecule has 0 aliphatic heterocycles. The summed E-state index contributed by atoms with van der Waals surface area (Å²) in [6.45, 7) is 2.34. The number of carbonyl (C=O) groups excluding carboxylic acids is 1. The van der Waals surface area contributed by atoms with Gasteiger partial charge in [-0.3, -0.25) is 4.79 Å². The average Bonchev–Trinajstić information content (AvgIpc) is 2.86. The second-order valence-electron chi connectivity index (χ2n) is 8.85. The number of phenols is 1. The Hall–Kier alpha value is -3.72. The number of benzene rings is 3. The van der Waals surface area contributed by atoms with Gasteiger partial charge >= 0.3 is 5.97 Å². The van der Waals surface area contributed by atoms with Gasteiger partial charge < -0.3 is 31.1 Å².